The molecule has 2 nitrogen and oxygen atoms in total. The van der Waals surface area contributed by atoms with Crippen molar-refractivity contribution in [3.8, 4) is 5.75 Å². The van der Waals surface area contributed by atoms with Gasteiger partial charge in [-0.1, -0.05) is 37.3 Å². The Morgan fingerprint density at radius 1 is 1.20 bits per heavy atom. The van der Waals surface area contributed by atoms with Gasteiger partial charge in [-0.25, -0.2) is 0 Å². The second-order valence-corrected chi connectivity index (χ2v) is 5.58. The Hall–Kier alpha value is -1.74. The van der Waals surface area contributed by atoms with E-state index < -0.39 is 0 Å². The zero-order chi connectivity index (χ0) is 13.9. The molecule has 0 amide bonds. The quantitative estimate of drug-likeness (QED) is 0.628. The van der Waals surface area contributed by atoms with E-state index in [2.05, 4.69) is 6.92 Å². The van der Waals surface area contributed by atoms with E-state index in [9.17, 15) is 4.79 Å². The molecule has 2 aromatic carbocycles. The maximum absolute atomic E-state index is 12.7. The Bertz CT molecular complexity index is 635. The molecule has 0 saturated carbocycles. The van der Waals surface area contributed by atoms with Gasteiger partial charge in [-0.05, 0) is 30.5 Å². The maximum atomic E-state index is 12.7. The van der Waals surface area contributed by atoms with E-state index in [4.69, 9.17) is 4.18 Å². The van der Waals surface area contributed by atoms with Gasteiger partial charge in [0.05, 0.1) is 12.0 Å². The van der Waals surface area contributed by atoms with E-state index in [0.717, 1.165) is 41.0 Å². The number of carbonyl (C=O) groups excluding carboxylic acids is 1. The summed E-state index contributed by atoms with van der Waals surface area (Å²) in [7, 11) is 0. The van der Waals surface area contributed by atoms with Gasteiger partial charge in [-0.15, -0.1) is 0 Å². The number of hydrogen-bond acceptors (Lipinski definition) is 3. The Kier molecular flexibility index (Phi) is 3.79. The Morgan fingerprint density at radius 3 is 2.75 bits per heavy atom. The van der Waals surface area contributed by atoms with E-state index in [1.165, 1.54) is 17.6 Å². The van der Waals surface area contributed by atoms with Crippen molar-refractivity contribution in [2.24, 2.45) is 0 Å². The predicted octanol–water partition coefficient (Wildman–Crippen LogP) is 4.06. The molecule has 3 heteroatoms. The van der Waals surface area contributed by atoms with Crippen LogP contribution in [0.4, 0.5) is 0 Å². The average Bonchev–Trinajstić information content (AvgIpc) is 2.54. The topological polar surface area (TPSA) is 26.3 Å². The third-order valence-electron chi connectivity index (χ3n) is 3.61. The Balaban J connectivity index is 2.08. The molecule has 0 aromatic heterocycles. The number of rotatable bonds is 3. The normalized spacial score (nSPS) is 13.4. The molecule has 20 heavy (non-hydrogen) atoms. The minimum absolute atomic E-state index is 0.100. The van der Waals surface area contributed by atoms with Gasteiger partial charge >= 0.3 is 0 Å². The van der Waals surface area contributed by atoms with E-state index in [-0.39, 0.29) is 5.78 Å². The van der Waals surface area contributed by atoms with Crippen LogP contribution in [0.25, 0.3) is 0 Å². The van der Waals surface area contributed by atoms with E-state index in [0.29, 0.717) is 0 Å². The van der Waals surface area contributed by atoms with Gasteiger partial charge in [0.25, 0.3) is 0 Å². The molecule has 1 aliphatic heterocycles. The number of hydrogen-bond donors (Lipinski definition) is 0. The van der Waals surface area contributed by atoms with Gasteiger partial charge in [-0.3, -0.25) is 4.79 Å². The molecule has 0 fully saturated rings. The lowest BCUT2D eigenvalue weighted by molar-refractivity contribution is 0.103. The highest BCUT2D eigenvalue weighted by atomic mass is 32.2. The number of fused-ring (bicyclic) bond motifs is 1. The zero-order valence-electron chi connectivity index (χ0n) is 11.4. The van der Waals surface area contributed by atoms with Gasteiger partial charge < -0.3 is 4.18 Å². The van der Waals surface area contributed by atoms with Crippen molar-refractivity contribution in [1.82, 2.24) is 0 Å². The van der Waals surface area contributed by atoms with Gasteiger partial charge in [-0.2, -0.15) is 0 Å². The summed E-state index contributed by atoms with van der Waals surface area (Å²) < 4.78 is 5.61. The molecule has 1 aliphatic rings. The van der Waals surface area contributed by atoms with Crippen molar-refractivity contribution in [1.29, 1.82) is 0 Å². The molecule has 102 valence electrons. The first-order valence-corrected chi connectivity index (χ1v) is 7.76. The van der Waals surface area contributed by atoms with Crippen LogP contribution in [0.15, 0.2) is 42.5 Å². The molecule has 0 unspecified atom stereocenters. The SMILES string of the molecule is CCc1c(C(=O)c2ccccc2)ccc2c1CCSO2. The second kappa shape index (κ2) is 5.71. The van der Waals surface area contributed by atoms with E-state index in [1.54, 1.807) is 0 Å². The van der Waals surface area contributed by atoms with Gasteiger partial charge in [0.2, 0.25) is 0 Å². The fraction of sp³-hybridized carbons (Fsp3) is 0.235. The highest BCUT2D eigenvalue weighted by Crippen LogP contribution is 2.34. The molecule has 0 atom stereocenters. The second-order valence-electron chi connectivity index (χ2n) is 4.77. The third-order valence-corrected chi connectivity index (χ3v) is 4.27. The molecule has 0 N–H and O–H groups in total. The van der Waals surface area contributed by atoms with Crippen molar-refractivity contribution >= 4 is 17.8 Å². The van der Waals surface area contributed by atoms with Gasteiger partial charge in [0.1, 0.15) is 5.75 Å². The molecular formula is C17H16O2S. The van der Waals surface area contributed by atoms with Crippen LogP contribution in [0.2, 0.25) is 0 Å². The van der Waals surface area contributed by atoms with Crippen LogP contribution in [-0.2, 0) is 12.8 Å². The number of carbonyl (C=O) groups is 1. The molecule has 2 aromatic rings. The van der Waals surface area contributed by atoms with Gasteiger partial charge in [0.15, 0.2) is 5.78 Å². The lowest BCUT2D eigenvalue weighted by Crippen LogP contribution is -2.11. The molecule has 0 bridgehead atoms. The highest BCUT2D eigenvalue weighted by molar-refractivity contribution is 7.95. The summed E-state index contributed by atoms with van der Waals surface area (Å²) in [6, 6.07) is 13.3. The fourth-order valence-electron chi connectivity index (χ4n) is 2.63. The van der Waals surface area contributed by atoms with Crippen LogP contribution in [0.1, 0.15) is 34.0 Å². The molecule has 0 radical (unpaired) electrons. The summed E-state index contributed by atoms with van der Waals surface area (Å²) in [5.41, 5.74) is 3.89. The number of benzene rings is 2. The van der Waals surface area contributed by atoms with Crippen LogP contribution in [0.5, 0.6) is 5.75 Å². The minimum Gasteiger partial charge on any atom is -0.425 e. The standard InChI is InChI=1S/C17H16O2S/c1-2-13-14-10-11-20-19-16(14)9-8-15(13)17(18)12-6-4-3-5-7-12/h3-9H,2,10-11H2,1H3. The van der Waals surface area contributed by atoms with Crippen molar-refractivity contribution in [3.05, 3.63) is 64.7 Å². The van der Waals surface area contributed by atoms with Crippen molar-refractivity contribution < 1.29 is 8.98 Å². The maximum Gasteiger partial charge on any atom is 0.193 e. The Labute approximate surface area is 123 Å². The Morgan fingerprint density at radius 2 is 2.00 bits per heavy atom. The summed E-state index contributed by atoms with van der Waals surface area (Å²) in [6.45, 7) is 2.10. The average molecular weight is 284 g/mol. The zero-order valence-corrected chi connectivity index (χ0v) is 12.2. The van der Waals surface area contributed by atoms with E-state index in [1.807, 2.05) is 42.5 Å². The van der Waals surface area contributed by atoms with Crippen LogP contribution in [-0.4, -0.2) is 11.5 Å². The summed E-state index contributed by atoms with van der Waals surface area (Å²) >= 11 is 1.48. The summed E-state index contributed by atoms with van der Waals surface area (Å²) in [5.74, 6) is 1.97. The van der Waals surface area contributed by atoms with Crippen molar-refractivity contribution in [3.63, 3.8) is 0 Å². The van der Waals surface area contributed by atoms with Crippen molar-refractivity contribution in [2.75, 3.05) is 5.75 Å². The molecule has 0 saturated heterocycles. The van der Waals surface area contributed by atoms with Gasteiger partial charge in [0, 0.05) is 22.4 Å². The molecule has 1 heterocycles. The summed E-state index contributed by atoms with van der Waals surface area (Å²) in [4.78, 5) is 12.7. The van der Waals surface area contributed by atoms with Crippen molar-refractivity contribution in [2.45, 2.75) is 19.8 Å². The largest absolute Gasteiger partial charge is 0.425 e. The molecule has 3 rings (SSSR count). The monoisotopic (exact) mass is 284 g/mol. The summed E-state index contributed by atoms with van der Waals surface area (Å²) in [5, 5.41) is 0. The predicted molar refractivity (Wildman–Crippen MR) is 82.5 cm³/mol. The number of ketones is 1. The first-order valence-electron chi connectivity index (χ1n) is 6.85. The molecule has 0 aliphatic carbocycles. The third kappa shape index (κ3) is 2.34. The first kappa shape index (κ1) is 13.3. The van der Waals surface area contributed by atoms with E-state index >= 15 is 0 Å². The molecule has 0 spiro atoms. The van der Waals surface area contributed by atoms with Crippen LogP contribution < -0.4 is 4.18 Å². The van der Waals surface area contributed by atoms with Crippen LogP contribution in [0, 0.1) is 0 Å². The highest BCUT2D eigenvalue weighted by Gasteiger charge is 2.21. The lowest BCUT2D eigenvalue weighted by Gasteiger charge is -2.20. The fourth-order valence-corrected chi connectivity index (χ4v) is 3.29. The lowest BCUT2D eigenvalue weighted by atomic mass is 9.91. The van der Waals surface area contributed by atoms with Crippen LogP contribution >= 0.6 is 12.0 Å². The smallest absolute Gasteiger partial charge is 0.193 e. The molecular weight excluding hydrogens is 268 g/mol. The van der Waals surface area contributed by atoms with Crippen LogP contribution in [0.3, 0.4) is 0 Å². The first-order chi connectivity index (χ1) is 9.81. The summed E-state index contributed by atoms with van der Waals surface area (Å²) in [6.07, 6.45) is 1.82. The minimum atomic E-state index is 0.100.